The predicted octanol–water partition coefficient (Wildman–Crippen LogP) is 4.64. The van der Waals surface area contributed by atoms with Crippen molar-refractivity contribution in [1.29, 1.82) is 0 Å². The first-order valence-electron chi connectivity index (χ1n) is 7.49. The van der Waals surface area contributed by atoms with Gasteiger partial charge in [0.1, 0.15) is 0 Å². The molecular formula is C17H22N2. The summed E-state index contributed by atoms with van der Waals surface area (Å²) in [5, 5.41) is 1.26. The summed E-state index contributed by atoms with van der Waals surface area (Å²) in [6, 6.07) is 8.45. The summed E-state index contributed by atoms with van der Waals surface area (Å²) in [4.78, 5) is 4.45. The largest absolute Gasteiger partial charge is 0.397 e. The second kappa shape index (κ2) is 5.60. The van der Waals surface area contributed by atoms with E-state index in [0.29, 0.717) is 5.92 Å². The Morgan fingerprint density at radius 1 is 0.947 bits per heavy atom. The average molecular weight is 254 g/mol. The van der Waals surface area contributed by atoms with Gasteiger partial charge in [0.15, 0.2) is 0 Å². The van der Waals surface area contributed by atoms with Crippen LogP contribution in [0.5, 0.6) is 0 Å². The monoisotopic (exact) mass is 254 g/mol. The number of nitrogen functional groups attached to an aromatic ring is 1. The maximum Gasteiger partial charge on any atom is 0.0933 e. The van der Waals surface area contributed by atoms with Crippen LogP contribution in [-0.2, 0) is 0 Å². The van der Waals surface area contributed by atoms with Gasteiger partial charge >= 0.3 is 0 Å². The van der Waals surface area contributed by atoms with Crippen LogP contribution < -0.4 is 5.73 Å². The number of hydrogen-bond donors (Lipinski definition) is 1. The van der Waals surface area contributed by atoms with Crippen LogP contribution in [0, 0.1) is 0 Å². The summed E-state index contributed by atoms with van der Waals surface area (Å²) in [6.45, 7) is 0. The van der Waals surface area contributed by atoms with Crippen molar-refractivity contribution in [2.24, 2.45) is 0 Å². The molecule has 0 atom stereocenters. The van der Waals surface area contributed by atoms with Crippen molar-refractivity contribution in [2.45, 2.75) is 50.9 Å². The lowest BCUT2D eigenvalue weighted by atomic mass is 9.84. The van der Waals surface area contributed by atoms with Crippen LogP contribution in [0.25, 0.3) is 10.9 Å². The quantitative estimate of drug-likeness (QED) is 0.753. The number of nitrogens with zero attached hydrogens (tertiary/aromatic N) is 1. The minimum absolute atomic E-state index is 0.688. The fourth-order valence-electron chi connectivity index (χ4n) is 3.34. The fourth-order valence-corrected chi connectivity index (χ4v) is 3.34. The van der Waals surface area contributed by atoms with E-state index in [2.05, 4.69) is 17.1 Å². The molecule has 0 unspecified atom stereocenters. The summed E-state index contributed by atoms with van der Waals surface area (Å²) < 4.78 is 0. The lowest BCUT2D eigenvalue weighted by molar-refractivity contribution is 0.457. The Balaban J connectivity index is 2.01. The Labute approximate surface area is 115 Å². The second-order valence-electron chi connectivity index (χ2n) is 5.69. The van der Waals surface area contributed by atoms with Crippen LogP contribution in [0.1, 0.15) is 56.4 Å². The highest BCUT2D eigenvalue weighted by atomic mass is 14.7. The Hall–Kier alpha value is -1.57. The number of aromatic nitrogens is 1. The number of anilines is 1. The highest BCUT2D eigenvalue weighted by molar-refractivity contribution is 5.92. The molecular weight excluding hydrogens is 232 g/mol. The van der Waals surface area contributed by atoms with E-state index in [9.17, 15) is 0 Å². The van der Waals surface area contributed by atoms with Gasteiger partial charge in [-0.1, -0.05) is 44.2 Å². The molecule has 1 aliphatic rings. The highest BCUT2D eigenvalue weighted by Gasteiger charge is 2.16. The van der Waals surface area contributed by atoms with Gasteiger partial charge in [-0.15, -0.1) is 0 Å². The van der Waals surface area contributed by atoms with E-state index in [1.165, 1.54) is 55.9 Å². The summed E-state index contributed by atoms with van der Waals surface area (Å²) in [6.07, 6.45) is 11.4. The van der Waals surface area contributed by atoms with Gasteiger partial charge in [-0.2, -0.15) is 0 Å². The predicted molar refractivity (Wildman–Crippen MR) is 81.2 cm³/mol. The number of benzene rings is 1. The maximum absolute atomic E-state index is 6.05. The Morgan fingerprint density at radius 3 is 2.47 bits per heavy atom. The molecule has 1 aromatic heterocycles. The lowest BCUT2D eigenvalue weighted by Crippen LogP contribution is -2.04. The lowest BCUT2D eigenvalue weighted by Gasteiger charge is -2.21. The smallest absolute Gasteiger partial charge is 0.0933 e. The molecule has 2 nitrogen and oxygen atoms in total. The Morgan fingerprint density at radius 2 is 1.68 bits per heavy atom. The van der Waals surface area contributed by atoms with E-state index in [-0.39, 0.29) is 0 Å². The molecule has 1 fully saturated rings. The van der Waals surface area contributed by atoms with Crippen molar-refractivity contribution in [1.82, 2.24) is 4.98 Å². The van der Waals surface area contributed by atoms with E-state index in [0.717, 1.165) is 11.2 Å². The SMILES string of the molecule is Nc1ccc(C2CCCCCCC2)c2cccnc12. The van der Waals surface area contributed by atoms with E-state index in [4.69, 9.17) is 5.73 Å². The molecule has 0 bridgehead atoms. The molecule has 0 saturated heterocycles. The molecule has 0 amide bonds. The van der Waals surface area contributed by atoms with Gasteiger partial charge < -0.3 is 5.73 Å². The number of hydrogen-bond acceptors (Lipinski definition) is 2. The second-order valence-corrected chi connectivity index (χ2v) is 5.69. The third-order valence-corrected chi connectivity index (χ3v) is 4.38. The number of rotatable bonds is 1. The molecule has 0 spiro atoms. The minimum Gasteiger partial charge on any atom is -0.397 e. The summed E-state index contributed by atoms with van der Waals surface area (Å²) >= 11 is 0. The highest BCUT2D eigenvalue weighted by Crippen LogP contribution is 2.35. The molecule has 1 heterocycles. The maximum atomic E-state index is 6.05. The van der Waals surface area contributed by atoms with E-state index in [1.54, 1.807) is 0 Å². The van der Waals surface area contributed by atoms with Crippen molar-refractivity contribution in [3.63, 3.8) is 0 Å². The average Bonchev–Trinajstić information content (AvgIpc) is 2.40. The van der Waals surface area contributed by atoms with Gasteiger partial charge in [-0.25, -0.2) is 0 Å². The van der Waals surface area contributed by atoms with Crippen molar-refractivity contribution >= 4 is 16.6 Å². The van der Waals surface area contributed by atoms with Crippen LogP contribution in [-0.4, -0.2) is 4.98 Å². The molecule has 3 rings (SSSR count). The molecule has 0 aliphatic heterocycles. The minimum atomic E-state index is 0.688. The van der Waals surface area contributed by atoms with Crippen molar-refractivity contribution in [2.75, 3.05) is 5.73 Å². The van der Waals surface area contributed by atoms with E-state index >= 15 is 0 Å². The first kappa shape index (κ1) is 12.5. The Kier molecular flexibility index (Phi) is 3.67. The molecule has 100 valence electrons. The standard InChI is InChI=1S/C17H22N2/c18-16-11-10-14(15-9-6-12-19-17(15)16)13-7-4-2-1-3-5-8-13/h6,9-13H,1-5,7-8,18H2. The van der Waals surface area contributed by atoms with Gasteiger partial charge in [0.05, 0.1) is 11.2 Å². The molecule has 2 N–H and O–H groups in total. The number of nitrogens with two attached hydrogens (primary N) is 1. The molecule has 0 radical (unpaired) electrons. The summed E-state index contributed by atoms with van der Waals surface area (Å²) in [5.41, 5.74) is 9.28. The van der Waals surface area contributed by atoms with Crippen molar-refractivity contribution in [3.05, 3.63) is 36.0 Å². The topological polar surface area (TPSA) is 38.9 Å². The van der Waals surface area contributed by atoms with Crippen LogP contribution in [0.2, 0.25) is 0 Å². The van der Waals surface area contributed by atoms with Gasteiger partial charge in [-0.05, 0) is 36.5 Å². The first-order valence-corrected chi connectivity index (χ1v) is 7.49. The van der Waals surface area contributed by atoms with E-state index < -0.39 is 0 Å². The Bertz CT molecular complexity index is 554. The normalized spacial score (nSPS) is 18.1. The molecule has 19 heavy (non-hydrogen) atoms. The van der Waals surface area contributed by atoms with Gasteiger partial charge in [0, 0.05) is 11.6 Å². The summed E-state index contributed by atoms with van der Waals surface area (Å²) in [7, 11) is 0. The summed E-state index contributed by atoms with van der Waals surface area (Å²) in [5.74, 6) is 0.688. The molecule has 1 aromatic carbocycles. The van der Waals surface area contributed by atoms with Gasteiger partial charge in [0.25, 0.3) is 0 Å². The van der Waals surface area contributed by atoms with Crippen LogP contribution in [0.3, 0.4) is 0 Å². The third kappa shape index (κ3) is 2.58. The van der Waals surface area contributed by atoms with E-state index in [1.807, 2.05) is 18.3 Å². The molecule has 1 aliphatic carbocycles. The number of pyridine rings is 1. The van der Waals surface area contributed by atoms with Crippen LogP contribution in [0.15, 0.2) is 30.5 Å². The number of fused-ring (bicyclic) bond motifs is 1. The third-order valence-electron chi connectivity index (χ3n) is 4.38. The van der Waals surface area contributed by atoms with Crippen LogP contribution in [0.4, 0.5) is 5.69 Å². The van der Waals surface area contributed by atoms with Gasteiger partial charge in [0.2, 0.25) is 0 Å². The zero-order chi connectivity index (χ0) is 13.1. The zero-order valence-electron chi connectivity index (χ0n) is 11.4. The molecule has 2 aromatic rings. The molecule has 1 saturated carbocycles. The van der Waals surface area contributed by atoms with Gasteiger partial charge in [-0.3, -0.25) is 4.98 Å². The van der Waals surface area contributed by atoms with Crippen LogP contribution >= 0.6 is 0 Å². The first-order chi connectivity index (χ1) is 9.36. The van der Waals surface area contributed by atoms with Crippen molar-refractivity contribution in [3.8, 4) is 0 Å². The fraction of sp³-hybridized carbons (Fsp3) is 0.471. The molecule has 2 heteroatoms. The van der Waals surface area contributed by atoms with Crippen molar-refractivity contribution < 1.29 is 0 Å². The zero-order valence-corrected chi connectivity index (χ0v) is 11.4.